The van der Waals surface area contributed by atoms with E-state index in [0.29, 0.717) is 17.7 Å². The first-order valence-electron chi connectivity index (χ1n) is 10.3. The van der Waals surface area contributed by atoms with Crippen LogP contribution in [0.5, 0.6) is 0 Å². The van der Waals surface area contributed by atoms with Crippen molar-refractivity contribution in [3.63, 3.8) is 0 Å². The summed E-state index contributed by atoms with van der Waals surface area (Å²) >= 11 is 0. The Morgan fingerprint density at radius 3 is 2.38 bits per heavy atom. The van der Waals surface area contributed by atoms with Crippen LogP contribution in [0.25, 0.3) is 0 Å². The molecule has 4 N–H and O–H groups in total. The molecule has 0 saturated heterocycles. The van der Waals surface area contributed by atoms with Gasteiger partial charge in [-0.3, -0.25) is 9.59 Å². The van der Waals surface area contributed by atoms with Gasteiger partial charge in [-0.2, -0.15) is 5.10 Å². The second-order valence-electron chi connectivity index (χ2n) is 7.36. The fourth-order valence-electron chi connectivity index (χ4n) is 3.45. The number of hydrogen-bond donors (Lipinski definition) is 4. The molecule has 2 amide bonds. The van der Waals surface area contributed by atoms with Gasteiger partial charge in [0.1, 0.15) is 12.4 Å². The second-order valence-corrected chi connectivity index (χ2v) is 7.36. The number of hydrazone groups is 1. The smallest absolute Gasteiger partial charge is 0.251 e. The lowest BCUT2D eigenvalue weighted by Crippen LogP contribution is -2.45. The summed E-state index contributed by atoms with van der Waals surface area (Å²) in [7, 11) is 0. The molecule has 4 rings (SSSR count). The summed E-state index contributed by atoms with van der Waals surface area (Å²) in [6, 6.07) is 23.3. The molecule has 1 atom stereocenters. The van der Waals surface area contributed by atoms with Crippen LogP contribution in [0.4, 0.5) is 11.4 Å². The number of rotatable bonds is 7. The summed E-state index contributed by atoms with van der Waals surface area (Å²) in [5.41, 5.74) is 9.34. The van der Waals surface area contributed by atoms with E-state index in [0.717, 1.165) is 16.8 Å². The molecule has 3 aromatic rings. The Kier molecular flexibility index (Phi) is 6.43. The zero-order valence-corrected chi connectivity index (χ0v) is 17.6. The van der Waals surface area contributed by atoms with E-state index in [2.05, 4.69) is 26.8 Å². The maximum Gasteiger partial charge on any atom is 0.251 e. The van der Waals surface area contributed by atoms with Crippen LogP contribution in [-0.4, -0.2) is 24.2 Å². The number of hydrazine groups is 2. The van der Waals surface area contributed by atoms with E-state index in [1.807, 2.05) is 61.5 Å². The maximum atomic E-state index is 13.3. The van der Waals surface area contributed by atoms with Crippen molar-refractivity contribution in [1.82, 2.24) is 16.4 Å². The molecule has 0 radical (unpaired) electrons. The van der Waals surface area contributed by atoms with E-state index >= 15 is 0 Å². The molecule has 1 heterocycles. The Morgan fingerprint density at radius 2 is 1.69 bits per heavy atom. The summed E-state index contributed by atoms with van der Waals surface area (Å²) in [6.07, 6.45) is 1.97. The molecule has 0 saturated carbocycles. The van der Waals surface area contributed by atoms with Crippen molar-refractivity contribution in [2.24, 2.45) is 5.10 Å². The molecule has 0 spiro atoms. The van der Waals surface area contributed by atoms with Gasteiger partial charge in [0.25, 0.3) is 5.91 Å². The summed E-state index contributed by atoms with van der Waals surface area (Å²) in [5, 5.41) is 11.5. The van der Waals surface area contributed by atoms with Crippen molar-refractivity contribution in [3.05, 3.63) is 95.6 Å². The molecular formula is C24H24N6O2. The van der Waals surface area contributed by atoms with Crippen LogP contribution in [0, 0.1) is 6.92 Å². The third kappa shape index (κ3) is 4.93. The SMILES string of the molecule is Cc1c(NC(=O)C(Cc2ccccc2)NC(=O)c2ccccc2)cccc1N1C=NNN1. The molecular weight excluding hydrogens is 404 g/mol. The van der Waals surface area contributed by atoms with Crippen molar-refractivity contribution < 1.29 is 9.59 Å². The number of hydrogen-bond acceptors (Lipinski definition) is 6. The van der Waals surface area contributed by atoms with Gasteiger partial charge in [0.2, 0.25) is 5.91 Å². The fourth-order valence-corrected chi connectivity index (χ4v) is 3.45. The van der Waals surface area contributed by atoms with E-state index < -0.39 is 6.04 Å². The number of benzene rings is 3. The van der Waals surface area contributed by atoms with Gasteiger partial charge in [-0.25, -0.2) is 10.5 Å². The van der Waals surface area contributed by atoms with Crippen LogP contribution in [0.15, 0.2) is 84.0 Å². The third-order valence-electron chi connectivity index (χ3n) is 5.17. The molecule has 8 heteroatoms. The minimum absolute atomic E-state index is 0.292. The van der Waals surface area contributed by atoms with Crippen LogP contribution in [0.1, 0.15) is 21.5 Å². The van der Waals surface area contributed by atoms with E-state index in [1.165, 1.54) is 0 Å². The first-order chi connectivity index (χ1) is 15.6. The molecule has 0 aromatic heterocycles. The average Bonchev–Trinajstić information content (AvgIpc) is 3.36. The van der Waals surface area contributed by atoms with E-state index in [9.17, 15) is 9.59 Å². The van der Waals surface area contributed by atoms with E-state index in [1.54, 1.807) is 35.6 Å². The van der Waals surface area contributed by atoms with Crippen LogP contribution in [-0.2, 0) is 11.2 Å². The van der Waals surface area contributed by atoms with E-state index in [4.69, 9.17) is 0 Å². The summed E-state index contributed by atoms with van der Waals surface area (Å²) in [5.74, 6) is -0.588. The quantitative estimate of drug-likeness (QED) is 0.464. The highest BCUT2D eigenvalue weighted by Gasteiger charge is 2.23. The molecule has 0 aliphatic carbocycles. The topological polar surface area (TPSA) is 97.9 Å². The Bertz CT molecular complexity index is 1120. The van der Waals surface area contributed by atoms with E-state index in [-0.39, 0.29) is 11.8 Å². The number of carbonyl (C=O) groups excluding carboxylic acids is 2. The fraction of sp³-hybridized carbons (Fsp3) is 0.125. The van der Waals surface area contributed by atoms with Gasteiger partial charge in [0, 0.05) is 17.7 Å². The van der Waals surface area contributed by atoms with Crippen molar-refractivity contribution in [3.8, 4) is 0 Å². The number of nitrogens with zero attached hydrogens (tertiary/aromatic N) is 2. The lowest BCUT2D eigenvalue weighted by molar-refractivity contribution is -0.118. The lowest BCUT2D eigenvalue weighted by Gasteiger charge is -2.22. The molecule has 1 unspecified atom stereocenters. The van der Waals surface area contributed by atoms with Gasteiger partial charge >= 0.3 is 0 Å². The Morgan fingerprint density at radius 1 is 0.969 bits per heavy atom. The lowest BCUT2D eigenvalue weighted by atomic mass is 10.0. The first kappa shape index (κ1) is 21.1. The van der Waals surface area contributed by atoms with Gasteiger partial charge < -0.3 is 10.6 Å². The van der Waals surface area contributed by atoms with Crippen LogP contribution >= 0.6 is 0 Å². The van der Waals surface area contributed by atoms with Gasteiger partial charge in [-0.15, -0.1) is 5.53 Å². The second kappa shape index (κ2) is 9.76. The molecule has 0 bridgehead atoms. The predicted octanol–water partition coefficient (Wildman–Crippen LogP) is 2.75. The van der Waals surface area contributed by atoms with Crippen molar-refractivity contribution in [2.45, 2.75) is 19.4 Å². The minimum Gasteiger partial charge on any atom is -0.340 e. The number of amides is 2. The highest BCUT2D eigenvalue weighted by Crippen LogP contribution is 2.26. The zero-order valence-electron chi connectivity index (χ0n) is 17.6. The molecule has 3 aromatic carbocycles. The monoisotopic (exact) mass is 428 g/mol. The van der Waals surface area contributed by atoms with Crippen molar-refractivity contribution >= 4 is 29.5 Å². The number of nitrogens with one attached hydrogen (secondary N) is 4. The highest BCUT2D eigenvalue weighted by atomic mass is 16.2. The van der Waals surface area contributed by atoms with Crippen molar-refractivity contribution in [1.29, 1.82) is 0 Å². The molecule has 1 aliphatic rings. The highest BCUT2D eigenvalue weighted by molar-refractivity contribution is 6.02. The number of carbonyl (C=O) groups is 2. The molecule has 1 aliphatic heterocycles. The minimum atomic E-state index is -0.749. The molecule has 0 fully saturated rings. The molecule has 32 heavy (non-hydrogen) atoms. The van der Waals surface area contributed by atoms with Gasteiger partial charge in [-0.1, -0.05) is 54.6 Å². The van der Waals surface area contributed by atoms with Crippen LogP contribution < -0.4 is 26.7 Å². The number of anilines is 2. The van der Waals surface area contributed by atoms with Crippen LogP contribution in [0.2, 0.25) is 0 Å². The van der Waals surface area contributed by atoms with Gasteiger partial charge in [-0.05, 0) is 42.3 Å². The van der Waals surface area contributed by atoms with Gasteiger partial charge in [0.05, 0.1) is 5.69 Å². The normalized spacial score (nSPS) is 13.3. The first-order valence-corrected chi connectivity index (χ1v) is 10.3. The van der Waals surface area contributed by atoms with Gasteiger partial charge in [0.15, 0.2) is 0 Å². The predicted molar refractivity (Wildman–Crippen MR) is 125 cm³/mol. The Balaban J connectivity index is 1.55. The maximum absolute atomic E-state index is 13.3. The van der Waals surface area contributed by atoms with Crippen LogP contribution in [0.3, 0.4) is 0 Å². The largest absolute Gasteiger partial charge is 0.340 e. The Hall–Kier alpha value is -4.17. The summed E-state index contributed by atoms with van der Waals surface area (Å²) < 4.78 is 0. The third-order valence-corrected chi connectivity index (χ3v) is 5.17. The molecule has 8 nitrogen and oxygen atoms in total. The zero-order chi connectivity index (χ0) is 22.3. The summed E-state index contributed by atoms with van der Waals surface area (Å²) in [6.45, 7) is 1.91. The average molecular weight is 428 g/mol. The standard InChI is InChI=1S/C24H24N6O2/c1-17-20(13-8-14-22(17)30-16-25-28-29-30)26-24(32)21(15-18-9-4-2-5-10-18)27-23(31)19-11-6-3-7-12-19/h2-14,16,21,28-29H,15H2,1H3,(H,26,32)(H,27,31). The Labute approximate surface area is 186 Å². The summed E-state index contributed by atoms with van der Waals surface area (Å²) in [4.78, 5) is 26.0. The van der Waals surface area contributed by atoms with Crippen molar-refractivity contribution in [2.75, 3.05) is 10.3 Å². The molecule has 162 valence electrons.